The van der Waals surface area contributed by atoms with Crippen molar-refractivity contribution in [1.82, 2.24) is 20.4 Å². The van der Waals surface area contributed by atoms with E-state index in [0.717, 1.165) is 50.9 Å². The second kappa shape index (κ2) is 5.36. The Morgan fingerprint density at radius 3 is 3.06 bits per heavy atom. The van der Waals surface area contributed by atoms with E-state index < -0.39 is 0 Å². The summed E-state index contributed by atoms with van der Waals surface area (Å²) in [5.41, 5.74) is 0. The van der Waals surface area contributed by atoms with Crippen molar-refractivity contribution in [2.24, 2.45) is 0 Å². The zero-order valence-corrected chi connectivity index (χ0v) is 11.1. The predicted octanol–water partition coefficient (Wildman–Crippen LogP) is 1.35. The van der Waals surface area contributed by atoms with E-state index in [1.165, 1.54) is 12.8 Å². The van der Waals surface area contributed by atoms with E-state index in [0.29, 0.717) is 11.8 Å². The second-order valence-corrected chi connectivity index (χ2v) is 5.41. The molecule has 2 aliphatic rings. The Labute approximate surface area is 108 Å². The summed E-state index contributed by atoms with van der Waals surface area (Å²) in [5.74, 6) is 2.65. The Bertz CT molecular complexity index is 386. The van der Waals surface area contributed by atoms with Crippen LogP contribution < -0.4 is 5.32 Å². The van der Waals surface area contributed by atoms with Crippen LogP contribution in [0.1, 0.15) is 49.7 Å². The number of piperidine rings is 1. The molecular formula is C13H22N4O. The van der Waals surface area contributed by atoms with Crippen LogP contribution in [0.5, 0.6) is 0 Å². The lowest BCUT2D eigenvalue weighted by molar-refractivity contribution is 0.317. The molecule has 2 unspecified atom stereocenters. The van der Waals surface area contributed by atoms with E-state index >= 15 is 0 Å². The van der Waals surface area contributed by atoms with Gasteiger partial charge < -0.3 is 14.7 Å². The fourth-order valence-corrected chi connectivity index (χ4v) is 2.97. The number of hydrogen-bond donors (Lipinski definition) is 1. The smallest absolute Gasteiger partial charge is 0.231 e. The summed E-state index contributed by atoms with van der Waals surface area (Å²) in [4.78, 5) is 7.09. The molecule has 0 aromatic carbocycles. The quantitative estimate of drug-likeness (QED) is 0.877. The average molecular weight is 250 g/mol. The van der Waals surface area contributed by atoms with Crippen molar-refractivity contribution in [3.63, 3.8) is 0 Å². The Balaban J connectivity index is 1.66. The van der Waals surface area contributed by atoms with Gasteiger partial charge in [0.25, 0.3) is 0 Å². The molecule has 0 bridgehead atoms. The first kappa shape index (κ1) is 12.1. The fourth-order valence-electron chi connectivity index (χ4n) is 2.97. The molecule has 2 atom stereocenters. The van der Waals surface area contributed by atoms with Crippen LogP contribution in [-0.2, 0) is 0 Å². The minimum atomic E-state index is 0.420. The van der Waals surface area contributed by atoms with Gasteiger partial charge in [0.05, 0.1) is 5.92 Å². The lowest BCUT2D eigenvalue weighted by Crippen LogP contribution is -2.28. The van der Waals surface area contributed by atoms with E-state index in [1.807, 2.05) is 0 Å². The molecule has 0 spiro atoms. The van der Waals surface area contributed by atoms with Gasteiger partial charge in [0.2, 0.25) is 5.89 Å². The largest absolute Gasteiger partial charge is 0.339 e. The van der Waals surface area contributed by atoms with Crippen LogP contribution in [0.4, 0.5) is 0 Å². The molecule has 0 saturated carbocycles. The van der Waals surface area contributed by atoms with Crippen LogP contribution in [0.3, 0.4) is 0 Å². The van der Waals surface area contributed by atoms with Crippen molar-refractivity contribution in [3.05, 3.63) is 11.7 Å². The lowest BCUT2D eigenvalue weighted by atomic mass is 10.00. The van der Waals surface area contributed by atoms with E-state index in [2.05, 4.69) is 27.3 Å². The summed E-state index contributed by atoms with van der Waals surface area (Å²) in [7, 11) is 0. The van der Waals surface area contributed by atoms with Gasteiger partial charge in [-0.25, -0.2) is 0 Å². The van der Waals surface area contributed by atoms with E-state index in [1.54, 1.807) is 0 Å². The first-order chi connectivity index (χ1) is 8.86. The van der Waals surface area contributed by atoms with Crippen molar-refractivity contribution in [1.29, 1.82) is 0 Å². The van der Waals surface area contributed by atoms with E-state index in [9.17, 15) is 0 Å². The Morgan fingerprint density at radius 1 is 1.39 bits per heavy atom. The summed E-state index contributed by atoms with van der Waals surface area (Å²) in [6, 6.07) is 0. The van der Waals surface area contributed by atoms with E-state index in [-0.39, 0.29) is 0 Å². The maximum absolute atomic E-state index is 5.47. The fraction of sp³-hybridized carbons (Fsp3) is 0.846. The predicted molar refractivity (Wildman–Crippen MR) is 68.6 cm³/mol. The van der Waals surface area contributed by atoms with Crippen molar-refractivity contribution in [2.75, 3.05) is 32.7 Å². The van der Waals surface area contributed by atoms with Crippen LogP contribution in [0, 0.1) is 0 Å². The molecule has 1 aromatic heterocycles. The highest BCUT2D eigenvalue weighted by atomic mass is 16.5. The molecule has 2 fully saturated rings. The number of aromatic nitrogens is 2. The van der Waals surface area contributed by atoms with Gasteiger partial charge in [-0.05, 0) is 38.9 Å². The number of likely N-dealkylation sites (tertiary alicyclic amines) is 1. The highest BCUT2D eigenvalue weighted by Gasteiger charge is 2.28. The lowest BCUT2D eigenvalue weighted by Gasteiger charge is -2.18. The summed E-state index contributed by atoms with van der Waals surface area (Å²) in [6.07, 6.45) is 3.53. The van der Waals surface area contributed by atoms with Gasteiger partial charge in [-0.1, -0.05) is 12.1 Å². The van der Waals surface area contributed by atoms with Crippen molar-refractivity contribution in [3.8, 4) is 0 Å². The molecule has 18 heavy (non-hydrogen) atoms. The molecule has 0 amide bonds. The van der Waals surface area contributed by atoms with Crippen LogP contribution in [0.25, 0.3) is 0 Å². The summed E-state index contributed by atoms with van der Waals surface area (Å²) in [6.45, 7) is 7.67. The summed E-state index contributed by atoms with van der Waals surface area (Å²) in [5, 5.41) is 7.59. The molecule has 5 nitrogen and oxygen atoms in total. The maximum atomic E-state index is 5.47. The van der Waals surface area contributed by atoms with Crippen molar-refractivity contribution < 1.29 is 4.52 Å². The third kappa shape index (κ3) is 2.42. The molecule has 0 radical (unpaired) electrons. The SMILES string of the molecule is CCN1CCC(c2noc(C3CCCNC3)n2)C1. The molecule has 2 aliphatic heterocycles. The number of hydrogen-bond acceptors (Lipinski definition) is 5. The van der Waals surface area contributed by atoms with E-state index in [4.69, 9.17) is 4.52 Å². The number of nitrogens with one attached hydrogen (secondary N) is 1. The monoisotopic (exact) mass is 250 g/mol. The zero-order chi connectivity index (χ0) is 12.4. The van der Waals surface area contributed by atoms with Crippen molar-refractivity contribution in [2.45, 2.75) is 38.0 Å². The number of likely N-dealkylation sites (N-methyl/N-ethyl adjacent to an activating group) is 1. The molecule has 1 aromatic rings. The van der Waals surface area contributed by atoms with Crippen LogP contribution in [0.15, 0.2) is 4.52 Å². The van der Waals surface area contributed by atoms with Crippen molar-refractivity contribution >= 4 is 0 Å². The molecule has 3 heterocycles. The molecule has 5 heteroatoms. The minimum absolute atomic E-state index is 0.420. The van der Waals surface area contributed by atoms with Crippen LogP contribution in [-0.4, -0.2) is 47.8 Å². The topological polar surface area (TPSA) is 54.2 Å². The van der Waals surface area contributed by atoms with Crippen LogP contribution >= 0.6 is 0 Å². The van der Waals surface area contributed by atoms with Gasteiger partial charge in [0.15, 0.2) is 5.82 Å². The molecule has 3 rings (SSSR count). The van der Waals surface area contributed by atoms with Gasteiger partial charge in [-0.3, -0.25) is 0 Å². The molecule has 100 valence electrons. The van der Waals surface area contributed by atoms with Crippen LogP contribution in [0.2, 0.25) is 0 Å². The minimum Gasteiger partial charge on any atom is -0.339 e. The Hall–Kier alpha value is -0.940. The molecular weight excluding hydrogens is 228 g/mol. The maximum Gasteiger partial charge on any atom is 0.231 e. The molecule has 0 aliphatic carbocycles. The van der Waals surface area contributed by atoms with Gasteiger partial charge >= 0.3 is 0 Å². The summed E-state index contributed by atoms with van der Waals surface area (Å²) >= 11 is 0. The molecule has 2 saturated heterocycles. The first-order valence-electron chi connectivity index (χ1n) is 7.13. The second-order valence-electron chi connectivity index (χ2n) is 5.41. The summed E-state index contributed by atoms with van der Waals surface area (Å²) < 4.78 is 5.47. The highest BCUT2D eigenvalue weighted by molar-refractivity contribution is 5.03. The highest BCUT2D eigenvalue weighted by Crippen LogP contribution is 2.27. The van der Waals surface area contributed by atoms with Gasteiger partial charge in [0.1, 0.15) is 0 Å². The Kier molecular flexibility index (Phi) is 3.61. The number of nitrogens with zero attached hydrogens (tertiary/aromatic N) is 3. The zero-order valence-electron chi connectivity index (χ0n) is 11.1. The molecule has 1 N–H and O–H groups in total. The third-order valence-electron chi connectivity index (χ3n) is 4.19. The van der Waals surface area contributed by atoms with Gasteiger partial charge in [-0.2, -0.15) is 4.98 Å². The van der Waals surface area contributed by atoms with Gasteiger partial charge in [0, 0.05) is 19.0 Å². The first-order valence-corrected chi connectivity index (χ1v) is 7.13. The standard InChI is InChI=1S/C13H22N4O/c1-2-17-7-5-11(9-17)12-15-13(18-16-12)10-4-3-6-14-8-10/h10-11,14H,2-9H2,1H3. The van der Waals surface area contributed by atoms with Gasteiger partial charge in [-0.15, -0.1) is 0 Å². The number of rotatable bonds is 3. The Morgan fingerprint density at radius 2 is 2.33 bits per heavy atom. The third-order valence-corrected chi connectivity index (χ3v) is 4.19. The normalized spacial score (nSPS) is 29.8. The average Bonchev–Trinajstić information content (AvgIpc) is 3.08.